The van der Waals surface area contributed by atoms with Crippen LogP contribution in [0.3, 0.4) is 0 Å². The van der Waals surface area contributed by atoms with Gasteiger partial charge in [-0.2, -0.15) is 13.2 Å². The Bertz CT molecular complexity index is 1210. The summed E-state index contributed by atoms with van der Waals surface area (Å²) in [6, 6.07) is 16.4. The maximum Gasteiger partial charge on any atom is 0.416 e. The topological polar surface area (TPSA) is 41.5 Å². The van der Waals surface area contributed by atoms with E-state index in [4.69, 9.17) is 0 Å². The van der Waals surface area contributed by atoms with Gasteiger partial charge in [-0.1, -0.05) is 30.3 Å². The summed E-state index contributed by atoms with van der Waals surface area (Å²) in [6.45, 7) is 0.618. The minimum Gasteiger partial charge on any atom is -0.323 e. The minimum absolute atomic E-state index is 0.270. The number of amides is 1. The third kappa shape index (κ3) is 4.94. The molecule has 4 rings (SSSR count). The van der Waals surface area contributed by atoms with Crippen LogP contribution in [0, 0.1) is 5.82 Å². The van der Waals surface area contributed by atoms with Crippen molar-refractivity contribution >= 4 is 23.4 Å². The van der Waals surface area contributed by atoms with Gasteiger partial charge in [0.1, 0.15) is 5.82 Å². The van der Waals surface area contributed by atoms with Crippen LogP contribution in [0.1, 0.15) is 27.8 Å². The third-order valence-corrected chi connectivity index (χ3v) is 5.05. The lowest BCUT2D eigenvalue weighted by Gasteiger charge is -2.17. The van der Waals surface area contributed by atoms with Crippen molar-refractivity contribution in [1.82, 2.24) is 0 Å². The number of fused-ring (bicyclic) bond motifs is 1. The first-order chi connectivity index (χ1) is 15.3. The Morgan fingerprint density at radius 3 is 2.53 bits per heavy atom. The monoisotopic (exact) mass is 438 g/mol. The Morgan fingerprint density at radius 2 is 1.78 bits per heavy atom. The molecule has 0 aliphatic carbocycles. The van der Waals surface area contributed by atoms with Crippen molar-refractivity contribution < 1.29 is 22.4 Å². The molecule has 0 radical (unpaired) electrons. The number of alkyl halides is 3. The van der Waals surface area contributed by atoms with Gasteiger partial charge in [-0.15, -0.1) is 0 Å². The van der Waals surface area contributed by atoms with Crippen molar-refractivity contribution in [2.24, 2.45) is 4.99 Å². The van der Waals surface area contributed by atoms with Crippen molar-refractivity contribution in [3.05, 3.63) is 106 Å². The molecule has 3 nitrogen and oxygen atoms in total. The van der Waals surface area contributed by atoms with E-state index >= 15 is 0 Å². The summed E-state index contributed by atoms with van der Waals surface area (Å²) in [4.78, 5) is 16.7. The second kappa shape index (κ2) is 8.78. The van der Waals surface area contributed by atoms with Crippen molar-refractivity contribution in [2.75, 3.05) is 11.9 Å². The van der Waals surface area contributed by atoms with Crippen LogP contribution in [0.2, 0.25) is 0 Å². The number of nitrogens with one attached hydrogen (secondary N) is 1. The molecule has 32 heavy (non-hydrogen) atoms. The number of aliphatic imine (C=N–C) groups is 1. The highest BCUT2D eigenvalue weighted by atomic mass is 19.4. The van der Waals surface area contributed by atoms with Crippen LogP contribution < -0.4 is 5.32 Å². The summed E-state index contributed by atoms with van der Waals surface area (Å²) in [5, 5.41) is 2.67. The van der Waals surface area contributed by atoms with Gasteiger partial charge in [0.05, 0.1) is 11.3 Å². The van der Waals surface area contributed by atoms with Crippen molar-refractivity contribution in [3.8, 4) is 0 Å². The van der Waals surface area contributed by atoms with Gasteiger partial charge in [-0.25, -0.2) is 4.39 Å². The van der Waals surface area contributed by atoms with E-state index in [9.17, 15) is 22.4 Å². The Kier molecular flexibility index (Phi) is 5.90. The molecule has 7 heteroatoms. The fraction of sp³-hybridized carbons (Fsp3) is 0.120. The average molecular weight is 438 g/mol. The molecule has 1 aliphatic heterocycles. The van der Waals surface area contributed by atoms with Crippen molar-refractivity contribution in [1.29, 1.82) is 0 Å². The number of hydrogen-bond donors (Lipinski definition) is 1. The lowest BCUT2D eigenvalue weighted by molar-refractivity contribution is -0.137. The molecule has 1 heterocycles. The van der Waals surface area contributed by atoms with E-state index in [2.05, 4.69) is 10.3 Å². The molecule has 0 atom stereocenters. The average Bonchev–Trinajstić information content (AvgIpc) is 2.77. The van der Waals surface area contributed by atoms with Gasteiger partial charge in [0.2, 0.25) is 5.91 Å². The molecule has 3 aromatic rings. The number of benzene rings is 3. The van der Waals surface area contributed by atoms with Gasteiger partial charge in [0.25, 0.3) is 0 Å². The van der Waals surface area contributed by atoms with Crippen LogP contribution in [0.4, 0.5) is 23.2 Å². The summed E-state index contributed by atoms with van der Waals surface area (Å²) in [6.07, 6.45) is -1.19. The number of carbonyl (C=O) groups excluding carboxylic acids is 1. The maximum atomic E-state index is 13.7. The van der Waals surface area contributed by atoms with Crippen LogP contribution >= 0.6 is 0 Å². The highest BCUT2D eigenvalue weighted by Gasteiger charge is 2.30. The summed E-state index contributed by atoms with van der Waals surface area (Å²) >= 11 is 0. The Morgan fingerprint density at radius 1 is 1.00 bits per heavy atom. The smallest absolute Gasteiger partial charge is 0.323 e. The van der Waals surface area contributed by atoms with E-state index in [1.165, 1.54) is 36.4 Å². The lowest BCUT2D eigenvalue weighted by atomic mass is 9.93. The van der Waals surface area contributed by atoms with E-state index in [-0.39, 0.29) is 11.4 Å². The molecular weight excluding hydrogens is 420 g/mol. The molecule has 0 unspecified atom stereocenters. The minimum atomic E-state index is -4.44. The number of anilines is 1. The highest BCUT2D eigenvalue weighted by Crippen LogP contribution is 2.29. The number of nitrogens with zero attached hydrogens (tertiary/aromatic N) is 1. The number of rotatable bonds is 4. The molecule has 0 bridgehead atoms. The first-order valence-corrected chi connectivity index (χ1v) is 9.89. The molecule has 0 aromatic heterocycles. The number of halogens is 4. The van der Waals surface area contributed by atoms with Crippen LogP contribution in [0.5, 0.6) is 0 Å². The van der Waals surface area contributed by atoms with Crippen LogP contribution in [0.25, 0.3) is 6.08 Å². The van der Waals surface area contributed by atoms with E-state index in [1.807, 2.05) is 0 Å². The summed E-state index contributed by atoms with van der Waals surface area (Å²) in [5.74, 6) is -0.799. The molecule has 0 fully saturated rings. The predicted molar refractivity (Wildman–Crippen MR) is 116 cm³/mol. The summed E-state index contributed by atoms with van der Waals surface area (Å²) < 4.78 is 52.1. The zero-order chi connectivity index (χ0) is 22.7. The predicted octanol–water partition coefficient (Wildman–Crippen LogP) is 5.89. The number of hydrogen-bond acceptors (Lipinski definition) is 2. The van der Waals surface area contributed by atoms with Crippen molar-refractivity contribution in [3.63, 3.8) is 0 Å². The maximum absolute atomic E-state index is 13.7. The molecule has 0 saturated heterocycles. The Hall–Kier alpha value is -3.74. The molecule has 0 spiro atoms. The third-order valence-electron chi connectivity index (χ3n) is 5.05. The quantitative estimate of drug-likeness (QED) is 0.401. The zero-order valence-electron chi connectivity index (χ0n) is 16.8. The fourth-order valence-corrected chi connectivity index (χ4v) is 3.49. The summed E-state index contributed by atoms with van der Waals surface area (Å²) in [7, 11) is 0. The first-order valence-electron chi connectivity index (χ1n) is 9.89. The lowest BCUT2D eigenvalue weighted by Crippen LogP contribution is -2.14. The Labute approximate surface area is 182 Å². The van der Waals surface area contributed by atoms with E-state index in [0.29, 0.717) is 17.9 Å². The van der Waals surface area contributed by atoms with Gasteiger partial charge >= 0.3 is 6.18 Å². The van der Waals surface area contributed by atoms with Crippen LogP contribution in [-0.2, 0) is 17.4 Å². The number of carbonyl (C=O) groups is 1. The Balaban J connectivity index is 1.45. The van der Waals surface area contributed by atoms with Crippen molar-refractivity contribution in [2.45, 2.75) is 12.6 Å². The van der Waals surface area contributed by atoms with Gasteiger partial charge in [0, 0.05) is 29.4 Å². The zero-order valence-corrected chi connectivity index (χ0v) is 16.8. The van der Waals surface area contributed by atoms with E-state index in [1.54, 1.807) is 30.3 Å². The standard InChI is InChI=1S/C25H18F4N2O/c26-20-8-5-17-12-13-30-24(22(17)15-20)18-6-9-21(10-7-18)31-23(32)11-4-16-2-1-3-19(14-16)25(27,28)29/h1-11,14-15H,12-13H2,(H,31,32)/b11-4+. The van der Waals surface area contributed by atoms with E-state index in [0.717, 1.165) is 35.2 Å². The van der Waals surface area contributed by atoms with Crippen LogP contribution in [0.15, 0.2) is 77.8 Å². The van der Waals surface area contributed by atoms with Gasteiger partial charge in [-0.05, 0) is 60.0 Å². The van der Waals surface area contributed by atoms with Gasteiger partial charge in [0.15, 0.2) is 0 Å². The molecule has 1 N–H and O–H groups in total. The van der Waals surface area contributed by atoms with Gasteiger partial charge < -0.3 is 5.32 Å². The normalized spacial score (nSPS) is 13.6. The second-order valence-corrected chi connectivity index (χ2v) is 7.30. The molecule has 1 aliphatic rings. The molecule has 0 saturated carbocycles. The van der Waals surface area contributed by atoms with E-state index < -0.39 is 17.6 Å². The fourth-order valence-electron chi connectivity index (χ4n) is 3.49. The molecule has 3 aromatic carbocycles. The summed E-state index contributed by atoms with van der Waals surface area (Å²) in [5.41, 5.74) is 3.31. The van der Waals surface area contributed by atoms with Gasteiger partial charge in [-0.3, -0.25) is 9.79 Å². The van der Waals surface area contributed by atoms with Crippen LogP contribution in [-0.4, -0.2) is 18.2 Å². The molecule has 162 valence electrons. The highest BCUT2D eigenvalue weighted by molar-refractivity contribution is 6.14. The molecule has 1 amide bonds. The second-order valence-electron chi connectivity index (χ2n) is 7.30. The largest absolute Gasteiger partial charge is 0.416 e. The first kappa shape index (κ1) is 21.5. The molecular formula is C25H18F4N2O. The SMILES string of the molecule is O=C(/C=C/c1cccc(C(F)(F)F)c1)Nc1ccc(C2=NCCc3ccc(F)cc32)cc1.